The molecule has 6 rings (SSSR count). The van der Waals surface area contributed by atoms with Crippen LogP contribution in [-0.2, 0) is 12.8 Å². The quantitative estimate of drug-likeness (QED) is 0.227. The van der Waals surface area contributed by atoms with E-state index in [2.05, 4.69) is 127 Å². The maximum atomic E-state index is 2.42. The lowest BCUT2D eigenvalue weighted by molar-refractivity contribution is 0.577. The van der Waals surface area contributed by atoms with Gasteiger partial charge in [-0.3, -0.25) is 0 Å². The van der Waals surface area contributed by atoms with E-state index >= 15 is 0 Å². The van der Waals surface area contributed by atoms with Crippen molar-refractivity contribution in [2.75, 3.05) is 0 Å². The van der Waals surface area contributed by atoms with Crippen LogP contribution in [-0.4, -0.2) is 0 Å². The molecule has 35 heavy (non-hydrogen) atoms. The highest BCUT2D eigenvalue weighted by Crippen LogP contribution is 2.31. The number of hydrogen-bond acceptors (Lipinski definition) is 0. The highest BCUT2D eigenvalue weighted by molar-refractivity contribution is 5.84. The van der Waals surface area contributed by atoms with E-state index in [1.807, 2.05) is 0 Å². The molecule has 6 aromatic rings. The van der Waals surface area contributed by atoms with Gasteiger partial charge in [0, 0.05) is 0 Å². The van der Waals surface area contributed by atoms with Gasteiger partial charge in [-0.25, -0.2) is 0 Å². The summed E-state index contributed by atoms with van der Waals surface area (Å²) in [4.78, 5) is 0. The predicted molar refractivity (Wildman–Crippen MR) is 151 cm³/mol. The van der Waals surface area contributed by atoms with Crippen molar-refractivity contribution < 1.29 is 0 Å². The molecular weight excluding hydrogens is 420 g/mol. The van der Waals surface area contributed by atoms with Gasteiger partial charge in [0.2, 0.25) is 0 Å². The molecule has 0 aromatic heterocycles. The van der Waals surface area contributed by atoms with Gasteiger partial charge in [-0.15, -0.1) is 0 Å². The van der Waals surface area contributed by atoms with E-state index in [4.69, 9.17) is 0 Å². The SMILES string of the molecule is c1ccc2cc(CCC(CCc3ccc4ccccc4c3)c3ccc4ccccc4c3)ccc2c1. The predicted octanol–water partition coefficient (Wildman–Crippen LogP) is 9.50. The Hall–Kier alpha value is -3.90. The molecule has 0 fully saturated rings. The van der Waals surface area contributed by atoms with Gasteiger partial charge < -0.3 is 0 Å². The van der Waals surface area contributed by atoms with Crippen molar-refractivity contribution in [3.8, 4) is 0 Å². The summed E-state index contributed by atoms with van der Waals surface area (Å²) in [6, 6.07) is 47.0. The second-order valence-electron chi connectivity index (χ2n) is 9.74. The topological polar surface area (TPSA) is 0 Å². The van der Waals surface area contributed by atoms with Crippen LogP contribution in [0.4, 0.5) is 0 Å². The van der Waals surface area contributed by atoms with Crippen LogP contribution in [0.3, 0.4) is 0 Å². The zero-order chi connectivity index (χ0) is 23.5. The molecule has 6 aromatic carbocycles. The minimum Gasteiger partial charge on any atom is -0.0616 e. The average molecular weight is 451 g/mol. The highest BCUT2D eigenvalue weighted by atomic mass is 14.2. The van der Waals surface area contributed by atoms with Gasteiger partial charge in [0.1, 0.15) is 0 Å². The Balaban J connectivity index is 1.26. The Labute approximate surface area is 207 Å². The number of benzene rings is 6. The molecule has 0 radical (unpaired) electrons. The molecule has 0 aliphatic carbocycles. The van der Waals surface area contributed by atoms with Crippen molar-refractivity contribution in [2.45, 2.75) is 31.6 Å². The van der Waals surface area contributed by atoms with E-state index < -0.39 is 0 Å². The Morgan fingerprint density at radius 2 is 0.771 bits per heavy atom. The number of aryl methyl sites for hydroxylation is 2. The third kappa shape index (κ3) is 4.84. The van der Waals surface area contributed by atoms with Gasteiger partial charge in [0.05, 0.1) is 0 Å². The van der Waals surface area contributed by atoms with Crippen molar-refractivity contribution in [1.82, 2.24) is 0 Å². The molecule has 0 heteroatoms. The fourth-order valence-corrected chi connectivity index (χ4v) is 5.41. The Morgan fingerprint density at radius 1 is 0.371 bits per heavy atom. The highest BCUT2D eigenvalue weighted by Gasteiger charge is 2.14. The summed E-state index contributed by atoms with van der Waals surface area (Å²) in [6.07, 6.45) is 4.51. The molecule has 0 amide bonds. The Kier molecular flexibility index (Phi) is 6.03. The zero-order valence-electron chi connectivity index (χ0n) is 20.0. The van der Waals surface area contributed by atoms with Crippen LogP contribution in [0.5, 0.6) is 0 Å². The fraction of sp³-hybridized carbons (Fsp3) is 0.143. The largest absolute Gasteiger partial charge is 0.0616 e. The minimum absolute atomic E-state index is 0.526. The first kappa shape index (κ1) is 21.6. The molecule has 170 valence electrons. The first-order chi connectivity index (χ1) is 17.3. The molecule has 0 saturated carbocycles. The van der Waals surface area contributed by atoms with Crippen molar-refractivity contribution >= 4 is 32.3 Å². The molecule has 0 nitrogen and oxygen atoms in total. The van der Waals surface area contributed by atoms with E-state index in [1.54, 1.807) is 0 Å². The van der Waals surface area contributed by atoms with Crippen molar-refractivity contribution in [1.29, 1.82) is 0 Å². The minimum atomic E-state index is 0.526. The van der Waals surface area contributed by atoms with Crippen LogP contribution >= 0.6 is 0 Å². The van der Waals surface area contributed by atoms with Crippen molar-refractivity contribution in [2.24, 2.45) is 0 Å². The fourth-order valence-electron chi connectivity index (χ4n) is 5.41. The maximum Gasteiger partial charge on any atom is -0.0155 e. The second kappa shape index (κ2) is 9.76. The lowest BCUT2D eigenvalue weighted by Crippen LogP contribution is -2.04. The maximum absolute atomic E-state index is 2.42. The van der Waals surface area contributed by atoms with Gasteiger partial charge in [0.25, 0.3) is 0 Å². The third-order valence-corrected chi connectivity index (χ3v) is 7.44. The van der Waals surface area contributed by atoms with Crippen LogP contribution < -0.4 is 0 Å². The van der Waals surface area contributed by atoms with E-state index in [0.717, 1.165) is 25.7 Å². The van der Waals surface area contributed by atoms with E-state index in [1.165, 1.54) is 49.0 Å². The first-order valence-corrected chi connectivity index (χ1v) is 12.8. The summed E-state index contributed by atoms with van der Waals surface area (Å²) in [6.45, 7) is 0. The summed E-state index contributed by atoms with van der Waals surface area (Å²) in [5, 5.41) is 7.97. The summed E-state index contributed by atoms with van der Waals surface area (Å²) >= 11 is 0. The Morgan fingerprint density at radius 3 is 1.26 bits per heavy atom. The third-order valence-electron chi connectivity index (χ3n) is 7.44. The van der Waals surface area contributed by atoms with Crippen LogP contribution in [0.2, 0.25) is 0 Å². The van der Waals surface area contributed by atoms with Gasteiger partial charge >= 0.3 is 0 Å². The van der Waals surface area contributed by atoms with E-state index in [0.29, 0.717) is 5.92 Å². The normalized spacial score (nSPS) is 11.6. The standard InChI is InChI=1S/C35H30/c1-4-10-32-23-26(13-17-28(32)7-1)15-19-31(35-22-21-30-9-3-6-12-34(30)25-35)20-16-27-14-18-29-8-2-5-11-33(29)24-27/h1-14,17-18,21-25,31H,15-16,19-20H2. The van der Waals surface area contributed by atoms with Crippen LogP contribution in [0.1, 0.15) is 35.4 Å². The summed E-state index contributed by atoms with van der Waals surface area (Å²) < 4.78 is 0. The summed E-state index contributed by atoms with van der Waals surface area (Å²) in [5.74, 6) is 0.526. The molecule has 0 unspecified atom stereocenters. The lowest BCUT2D eigenvalue weighted by Gasteiger charge is -2.19. The lowest BCUT2D eigenvalue weighted by atomic mass is 9.86. The van der Waals surface area contributed by atoms with Crippen LogP contribution in [0.25, 0.3) is 32.3 Å². The van der Waals surface area contributed by atoms with Crippen LogP contribution in [0.15, 0.2) is 127 Å². The summed E-state index contributed by atoms with van der Waals surface area (Å²) in [7, 11) is 0. The monoisotopic (exact) mass is 450 g/mol. The smallest absolute Gasteiger partial charge is 0.0155 e. The number of hydrogen-bond donors (Lipinski definition) is 0. The van der Waals surface area contributed by atoms with Gasteiger partial charge in [-0.2, -0.15) is 0 Å². The summed E-state index contributed by atoms with van der Waals surface area (Å²) in [5.41, 5.74) is 4.32. The molecule has 0 spiro atoms. The Bertz CT molecular complexity index is 1520. The molecule has 0 atom stereocenters. The van der Waals surface area contributed by atoms with Gasteiger partial charge in [-0.1, -0.05) is 127 Å². The first-order valence-electron chi connectivity index (χ1n) is 12.8. The van der Waals surface area contributed by atoms with Crippen molar-refractivity contribution in [3.05, 3.63) is 144 Å². The number of fused-ring (bicyclic) bond motifs is 3. The van der Waals surface area contributed by atoms with E-state index in [9.17, 15) is 0 Å². The van der Waals surface area contributed by atoms with Crippen molar-refractivity contribution in [3.63, 3.8) is 0 Å². The van der Waals surface area contributed by atoms with Gasteiger partial charge in [0.15, 0.2) is 0 Å². The molecule has 0 N–H and O–H groups in total. The second-order valence-corrected chi connectivity index (χ2v) is 9.74. The zero-order valence-corrected chi connectivity index (χ0v) is 20.0. The van der Waals surface area contributed by atoms with Gasteiger partial charge in [-0.05, 0) is 80.6 Å². The molecule has 0 bridgehead atoms. The number of rotatable bonds is 7. The van der Waals surface area contributed by atoms with Crippen LogP contribution in [0, 0.1) is 0 Å². The van der Waals surface area contributed by atoms with E-state index in [-0.39, 0.29) is 0 Å². The molecular formula is C35H30. The molecule has 0 heterocycles. The average Bonchev–Trinajstić information content (AvgIpc) is 2.92. The molecule has 0 aliphatic rings. The molecule has 0 aliphatic heterocycles. The molecule has 0 saturated heterocycles.